The maximum atomic E-state index is 13.8. The van der Waals surface area contributed by atoms with Gasteiger partial charge in [-0.2, -0.15) is 0 Å². The second-order valence-corrected chi connectivity index (χ2v) is 21.4. The van der Waals surface area contributed by atoms with E-state index in [0.29, 0.717) is 23.5 Å². The van der Waals surface area contributed by atoms with Crippen LogP contribution in [-0.2, 0) is 12.8 Å². The molecule has 0 unspecified atom stereocenters. The van der Waals surface area contributed by atoms with Crippen LogP contribution in [0.3, 0.4) is 0 Å². The van der Waals surface area contributed by atoms with E-state index in [1.165, 1.54) is 26.8 Å². The highest BCUT2D eigenvalue weighted by Crippen LogP contribution is 2.25. The zero-order chi connectivity index (χ0) is 64.2. The van der Waals surface area contributed by atoms with Crippen molar-refractivity contribution in [3.63, 3.8) is 0 Å². The van der Waals surface area contributed by atoms with E-state index >= 15 is 0 Å². The lowest BCUT2D eigenvalue weighted by Gasteiger charge is -2.19. The summed E-state index contributed by atoms with van der Waals surface area (Å²) in [6, 6.07) is 50.3. The zero-order valence-electron chi connectivity index (χ0n) is 45.2. The molecule has 0 bridgehead atoms. The van der Waals surface area contributed by atoms with Crippen LogP contribution in [0.15, 0.2) is 200 Å². The lowest BCUT2D eigenvalue weighted by Crippen LogP contribution is -2.17. The van der Waals surface area contributed by atoms with Gasteiger partial charge in [0.15, 0.2) is 69.8 Å². The van der Waals surface area contributed by atoms with E-state index in [9.17, 15) is 67.1 Å². The number of amides is 2. The number of para-hydroxylation sites is 1. The molecule has 9 aromatic rings. The number of anilines is 5. The van der Waals surface area contributed by atoms with E-state index in [-0.39, 0.29) is 18.0 Å². The van der Waals surface area contributed by atoms with Crippen molar-refractivity contribution in [1.82, 2.24) is 0 Å². The van der Waals surface area contributed by atoms with E-state index in [4.69, 9.17) is 23.1 Å². The first-order valence-corrected chi connectivity index (χ1v) is 28.2. The third-order valence-corrected chi connectivity index (χ3v) is 13.8. The van der Waals surface area contributed by atoms with Crippen molar-refractivity contribution in [1.29, 1.82) is 0 Å². The number of allylic oxidation sites excluding steroid dienone is 2. The molecule has 0 heterocycles. The molecule has 454 valence electrons. The topological polar surface area (TPSA) is 139 Å². The van der Waals surface area contributed by atoms with Crippen LogP contribution < -0.4 is 27.4 Å². The predicted octanol–water partition coefficient (Wildman–Crippen LogP) is 17.7. The fourth-order valence-electron chi connectivity index (χ4n) is 7.66. The summed E-state index contributed by atoms with van der Waals surface area (Å²) in [5.74, 6) is -24.1. The van der Waals surface area contributed by atoms with Gasteiger partial charge in [0.1, 0.15) is 0 Å². The molecule has 0 atom stereocenters. The molecule has 1 aliphatic rings. The Balaban J connectivity index is 0.000000191. The lowest BCUT2D eigenvalue weighted by atomic mass is 9.93. The highest BCUT2D eigenvalue weighted by atomic mass is 127. The predicted molar refractivity (Wildman–Crippen MR) is 334 cm³/mol. The molecule has 0 aliphatic heterocycles. The average molecular weight is 1460 g/mol. The van der Waals surface area contributed by atoms with Crippen molar-refractivity contribution in [3.05, 3.63) is 311 Å². The second kappa shape index (κ2) is 32.9. The van der Waals surface area contributed by atoms with E-state index in [1.54, 1.807) is 36.4 Å². The monoisotopic (exact) mass is 1460 g/mol. The van der Waals surface area contributed by atoms with Gasteiger partial charge in [-0.05, 0) is 195 Å². The Bertz CT molecular complexity index is 3900. The molecule has 0 spiro atoms. The average Bonchev–Trinajstić information content (AvgIpc) is 3.70. The van der Waals surface area contributed by atoms with Crippen molar-refractivity contribution in [2.45, 2.75) is 18.9 Å². The molecule has 7 N–H and O–H groups in total. The molecule has 8 nitrogen and oxygen atoms in total. The SMILES string of the molecule is Nc1ccc(Cc2ccccc2)cc1.Nc1ccc(I)cc1.O=C(Cl)c1cc(F)c(F)c(F)c1F.O=C(Nc1ccc(CC2C=CC(Nc3ccccc3)C=C2)cc1)c1cc(F)c(F)c(F)c1F.O=C(Nc1ccc(I)cc1)c1cc(F)c(F)c(F)c1F. The molecule has 2 amide bonds. The number of hydrogen-bond acceptors (Lipinski definition) is 6. The van der Waals surface area contributed by atoms with Gasteiger partial charge in [0.05, 0.1) is 22.7 Å². The summed E-state index contributed by atoms with van der Waals surface area (Å²) in [5, 5.41) is 6.64. The van der Waals surface area contributed by atoms with Crippen LogP contribution in [0.5, 0.6) is 0 Å². The van der Waals surface area contributed by atoms with Crippen LogP contribution in [0.1, 0.15) is 47.8 Å². The molecule has 0 fully saturated rings. The van der Waals surface area contributed by atoms with Crippen molar-refractivity contribution in [2.24, 2.45) is 5.92 Å². The number of nitrogens with two attached hydrogens (primary N) is 2. The number of rotatable bonds is 11. The normalized spacial score (nSPS) is 12.7. The van der Waals surface area contributed by atoms with Crippen molar-refractivity contribution in [3.8, 4) is 0 Å². The molecule has 0 saturated carbocycles. The van der Waals surface area contributed by atoms with Crippen LogP contribution in [0, 0.1) is 82.9 Å². The van der Waals surface area contributed by atoms with E-state index in [2.05, 4.69) is 99.2 Å². The molecule has 23 heteroatoms. The van der Waals surface area contributed by atoms with Crippen LogP contribution in [0.2, 0.25) is 0 Å². The van der Waals surface area contributed by atoms with Crippen molar-refractivity contribution >= 4 is 102 Å². The third kappa shape index (κ3) is 20.2. The van der Waals surface area contributed by atoms with Crippen LogP contribution in [0.4, 0.5) is 81.1 Å². The Morgan fingerprint density at radius 2 is 0.750 bits per heavy atom. The van der Waals surface area contributed by atoms with Gasteiger partial charge >= 0.3 is 0 Å². The lowest BCUT2D eigenvalue weighted by molar-refractivity contribution is 0.101. The molecular weight excluding hydrogens is 1420 g/mol. The summed E-state index contributed by atoms with van der Waals surface area (Å²) in [7, 11) is 0. The van der Waals surface area contributed by atoms with Gasteiger partial charge in [-0.1, -0.05) is 97.1 Å². The van der Waals surface area contributed by atoms with Crippen LogP contribution in [0.25, 0.3) is 0 Å². The number of benzene rings is 9. The van der Waals surface area contributed by atoms with Gasteiger partial charge in [-0.25, -0.2) is 52.7 Å². The first-order valence-electron chi connectivity index (χ1n) is 25.6. The first kappa shape index (κ1) is 68.5. The molecule has 0 saturated heterocycles. The molecular formula is C65H46ClF12I2N5O3. The van der Waals surface area contributed by atoms with Crippen molar-refractivity contribution < 1.29 is 67.1 Å². The van der Waals surface area contributed by atoms with E-state index < -0.39 is 104 Å². The van der Waals surface area contributed by atoms with Gasteiger partial charge in [-0.15, -0.1) is 0 Å². The number of carbonyl (C=O) groups excluding carboxylic acids is 3. The van der Waals surface area contributed by atoms with Gasteiger partial charge in [0.2, 0.25) is 0 Å². The maximum absolute atomic E-state index is 13.8. The number of hydrogen-bond donors (Lipinski definition) is 5. The Labute approximate surface area is 528 Å². The molecule has 1 aliphatic carbocycles. The van der Waals surface area contributed by atoms with Gasteiger partial charge in [0.25, 0.3) is 17.1 Å². The molecule has 88 heavy (non-hydrogen) atoms. The number of halogens is 15. The minimum atomic E-state index is -2.05. The summed E-state index contributed by atoms with van der Waals surface area (Å²) in [6.45, 7) is 0. The fraction of sp³-hybridized carbons (Fsp3) is 0.0615. The van der Waals surface area contributed by atoms with Gasteiger partial charge < -0.3 is 27.4 Å². The molecule has 9 aromatic carbocycles. The minimum Gasteiger partial charge on any atom is -0.399 e. The Kier molecular flexibility index (Phi) is 25.6. The quantitative estimate of drug-likeness (QED) is 0.0166. The highest BCUT2D eigenvalue weighted by molar-refractivity contribution is 14.1. The minimum absolute atomic E-state index is 0.114. The first-order chi connectivity index (χ1) is 41.9. The molecule has 10 rings (SSSR count). The van der Waals surface area contributed by atoms with E-state index in [1.807, 2.05) is 95.4 Å². The summed E-state index contributed by atoms with van der Waals surface area (Å²) in [5.41, 5.74) is 15.2. The smallest absolute Gasteiger partial charge is 0.258 e. The summed E-state index contributed by atoms with van der Waals surface area (Å²) in [4.78, 5) is 34.3. The van der Waals surface area contributed by atoms with Gasteiger partial charge in [0, 0.05) is 35.6 Å². The second-order valence-electron chi connectivity index (χ2n) is 18.6. The summed E-state index contributed by atoms with van der Waals surface area (Å²) in [6.07, 6.45) is 10.2. The fourth-order valence-corrected chi connectivity index (χ4v) is 8.52. The maximum Gasteiger partial charge on any atom is 0.258 e. The highest BCUT2D eigenvalue weighted by Gasteiger charge is 2.25. The summed E-state index contributed by atoms with van der Waals surface area (Å²) >= 11 is 9.06. The zero-order valence-corrected chi connectivity index (χ0v) is 50.2. The Morgan fingerprint density at radius 1 is 0.398 bits per heavy atom. The van der Waals surface area contributed by atoms with Gasteiger partial charge in [-0.3, -0.25) is 14.4 Å². The Morgan fingerprint density at radius 3 is 1.17 bits per heavy atom. The van der Waals surface area contributed by atoms with E-state index in [0.717, 1.165) is 39.0 Å². The third-order valence-electron chi connectivity index (χ3n) is 12.1. The van der Waals surface area contributed by atoms with Crippen LogP contribution in [-0.4, -0.2) is 23.1 Å². The summed E-state index contributed by atoms with van der Waals surface area (Å²) < 4.78 is 158. The largest absolute Gasteiger partial charge is 0.399 e. The Hall–Kier alpha value is -8.62. The molecule has 0 radical (unpaired) electrons. The standard InChI is InChI=1S/C26H20F4N2O.C13H6F4INO.C13H13N.C7HClF4O.C6H6IN/c27-22-15-21(23(28)25(30)24(22)29)26(33)32-20-12-8-17(9-13-20)14-16-6-10-19(11-7-16)31-18-4-2-1-3-5-18;14-9-5-8(10(15)12(17)11(9)16)13(20)19-7-3-1-6(18)2-4-7;14-13-8-6-12(7-9-13)10-11-4-2-1-3-5-11;8-7(13)2-1-3(9)5(11)6(12)4(2)10;7-5-1-3-6(8)4-2-5/h1-13,15-16,19,31H,14H2,(H,32,33);1-5H,(H,19,20);1-9H,10,14H2;1H;1-4H,8H2. The number of carbonyl (C=O) groups is 3. The van der Waals surface area contributed by atoms with Crippen LogP contribution >= 0.6 is 56.8 Å². The number of nitrogen functional groups attached to an aromatic ring is 2. The molecule has 0 aromatic heterocycles. The number of nitrogens with one attached hydrogen (secondary N) is 3. The van der Waals surface area contributed by atoms with Crippen molar-refractivity contribution in [2.75, 3.05) is 27.4 Å².